The van der Waals surface area contributed by atoms with Gasteiger partial charge >= 0.3 is 0 Å². The lowest BCUT2D eigenvalue weighted by atomic mass is 10.2. The molecule has 0 saturated heterocycles. The van der Waals surface area contributed by atoms with Crippen LogP contribution in [-0.4, -0.2) is 24.2 Å². The SMILES string of the molecule is CC1CC1CNC(=O)c1sccc1C#CCO. The molecule has 0 bridgehead atoms. The van der Waals surface area contributed by atoms with Crippen molar-refractivity contribution in [2.75, 3.05) is 13.2 Å². The lowest BCUT2D eigenvalue weighted by Gasteiger charge is -2.02. The molecule has 1 aromatic heterocycles. The van der Waals surface area contributed by atoms with Crippen molar-refractivity contribution in [3.8, 4) is 11.8 Å². The Kier molecular flexibility index (Phi) is 3.82. The second-order valence-corrected chi connectivity index (χ2v) is 5.22. The van der Waals surface area contributed by atoms with Crippen LogP contribution in [0.25, 0.3) is 0 Å². The Labute approximate surface area is 105 Å². The summed E-state index contributed by atoms with van der Waals surface area (Å²) in [5.74, 6) is 6.68. The summed E-state index contributed by atoms with van der Waals surface area (Å²) < 4.78 is 0. The maximum atomic E-state index is 11.9. The van der Waals surface area contributed by atoms with Gasteiger partial charge in [-0.3, -0.25) is 4.79 Å². The lowest BCUT2D eigenvalue weighted by Crippen LogP contribution is -2.25. The number of aliphatic hydroxyl groups is 1. The highest BCUT2D eigenvalue weighted by atomic mass is 32.1. The molecule has 4 heteroatoms. The lowest BCUT2D eigenvalue weighted by molar-refractivity contribution is 0.0955. The van der Waals surface area contributed by atoms with E-state index in [4.69, 9.17) is 5.11 Å². The standard InChI is InChI=1S/C13H15NO2S/c1-9-7-11(9)8-14-13(16)12-10(3-2-5-15)4-6-17-12/h4,6,9,11,15H,5,7-8H2,1H3,(H,14,16). The molecule has 1 heterocycles. The van der Waals surface area contributed by atoms with Crippen molar-refractivity contribution in [2.24, 2.45) is 11.8 Å². The molecule has 2 atom stereocenters. The van der Waals surface area contributed by atoms with Gasteiger partial charge in [-0.25, -0.2) is 0 Å². The molecular weight excluding hydrogens is 234 g/mol. The monoisotopic (exact) mass is 249 g/mol. The maximum absolute atomic E-state index is 11.9. The minimum atomic E-state index is -0.184. The molecule has 1 saturated carbocycles. The van der Waals surface area contributed by atoms with Crippen LogP contribution in [0, 0.1) is 23.7 Å². The summed E-state index contributed by atoms with van der Waals surface area (Å²) in [5.41, 5.74) is 0.699. The van der Waals surface area contributed by atoms with Gasteiger partial charge in [0.1, 0.15) is 11.5 Å². The Hall–Kier alpha value is -1.31. The summed E-state index contributed by atoms with van der Waals surface area (Å²) in [4.78, 5) is 12.5. The van der Waals surface area contributed by atoms with E-state index in [0.717, 1.165) is 12.5 Å². The average Bonchev–Trinajstić information content (AvgIpc) is 2.84. The Bertz CT molecular complexity index is 469. The van der Waals surface area contributed by atoms with Crippen LogP contribution in [-0.2, 0) is 0 Å². The van der Waals surface area contributed by atoms with Gasteiger partial charge in [0.05, 0.1) is 0 Å². The van der Waals surface area contributed by atoms with Crippen molar-refractivity contribution in [1.82, 2.24) is 5.32 Å². The molecule has 2 N–H and O–H groups in total. The van der Waals surface area contributed by atoms with Crippen LogP contribution in [0.4, 0.5) is 0 Å². The first kappa shape index (κ1) is 12.2. The number of nitrogens with one attached hydrogen (secondary N) is 1. The fourth-order valence-electron chi connectivity index (χ4n) is 1.71. The van der Waals surface area contributed by atoms with E-state index >= 15 is 0 Å². The highest BCUT2D eigenvalue weighted by Gasteiger charge is 2.32. The van der Waals surface area contributed by atoms with Gasteiger partial charge in [-0.05, 0) is 29.7 Å². The summed E-state index contributed by atoms with van der Waals surface area (Å²) in [5, 5.41) is 13.4. The molecular formula is C13H15NO2S. The van der Waals surface area contributed by atoms with Crippen LogP contribution >= 0.6 is 11.3 Å². The van der Waals surface area contributed by atoms with Crippen molar-refractivity contribution in [2.45, 2.75) is 13.3 Å². The molecule has 0 aliphatic heterocycles. The van der Waals surface area contributed by atoms with Crippen molar-refractivity contribution >= 4 is 17.2 Å². The van der Waals surface area contributed by atoms with Gasteiger partial charge in [0.2, 0.25) is 0 Å². The van der Waals surface area contributed by atoms with Gasteiger partial charge in [0.15, 0.2) is 0 Å². The van der Waals surface area contributed by atoms with Crippen LogP contribution in [0.1, 0.15) is 28.6 Å². The molecule has 0 radical (unpaired) electrons. The third kappa shape index (κ3) is 3.09. The first-order valence-corrected chi connectivity index (χ1v) is 6.55. The zero-order valence-corrected chi connectivity index (χ0v) is 10.5. The highest BCUT2D eigenvalue weighted by molar-refractivity contribution is 7.12. The van der Waals surface area contributed by atoms with E-state index in [0.29, 0.717) is 16.4 Å². The second kappa shape index (κ2) is 5.35. The Balaban J connectivity index is 1.96. The molecule has 0 spiro atoms. The van der Waals surface area contributed by atoms with E-state index in [-0.39, 0.29) is 12.5 Å². The Morgan fingerprint density at radius 1 is 1.71 bits per heavy atom. The molecule has 1 aromatic rings. The number of amides is 1. The molecule has 1 fully saturated rings. The first-order valence-electron chi connectivity index (χ1n) is 5.67. The number of carbonyl (C=O) groups excluding carboxylic acids is 1. The van der Waals surface area contributed by atoms with Gasteiger partial charge < -0.3 is 10.4 Å². The van der Waals surface area contributed by atoms with E-state index in [9.17, 15) is 4.79 Å². The summed E-state index contributed by atoms with van der Waals surface area (Å²) in [6, 6.07) is 1.81. The smallest absolute Gasteiger partial charge is 0.262 e. The number of carbonyl (C=O) groups is 1. The number of thiophene rings is 1. The van der Waals surface area contributed by atoms with E-state index in [2.05, 4.69) is 24.1 Å². The number of hydrogen-bond donors (Lipinski definition) is 2. The minimum absolute atomic E-state index is 0.0543. The predicted octanol–water partition coefficient (Wildman–Crippen LogP) is 1.48. The van der Waals surface area contributed by atoms with Gasteiger partial charge in [0, 0.05) is 12.1 Å². The molecule has 1 aliphatic carbocycles. The summed E-state index contributed by atoms with van der Waals surface area (Å²) in [6.45, 7) is 2.77. The normalized spacial score (nSPS) is 21.5. The van der Waals surface area contributed by atoms with Crippen molar-refractivity contribution in [1.29, 1.82) is 0 Å². The second-order valence-electron chi connectivity index (χ2n) is 4.31. The molecule has 1 amide bonds. The van der Waals surface area contributed by atoms with Gasteiger partial charge in [-0.2, -0.15) is 0 Å². The topological polar surface area (TPSA) is 49.3 Å². The van der Waals surface area contributed by atoms with E-state index < -0.39 is 0 Å². The highest BCUT2D eigenvalue weighted by Crippen LogP contribution is 2.36. The molecule has 17 heavy (non-hydrogen) atoms. The third-order valence-electron chi connectivity index (χ3n) is 2.97. The molecule has 1 aliphatic rings. The Morgan fingerprint density at radius 3 is 3.12 bits per heavy atom. The zero-order chi connectivity index (χ0) is 12.3. The van der Waals surface area contributed by atoms with Crippen LogP contribution in [0.2, 0.25) is 0 Å². The van der Waals surface area contributed by atoms with Crippen molar-refractivity contribution in [3.05, 3.63) is 21.9 Å². The first-order chi connectivity index (χ1) is 8.22. The third-order valence-corrected chi connectivity index (χ3v) is 3.89. The van der Waals surface area contributed by atoms with Gasteiger partial charge in [-0.1, -0.05) is 18.8 Å². The molecule has 3 nitrogen and oxygen atoms in total. The molecule has 0 aromatic carbocycles. The zero-order valence-electron chi connectivity index (χ0n) is 9.69. The number of aliphatic hydroxyl groups excluding tert-OH is 1. The van der Waals surface area contributed by atoms with E-state index in [1.165, 1.54) is 17.8 Å². The van der Waals surface area contributed by atoms with Gasteiger partial charge in [0.25, 0.3) is 5.91 Å². The quantitative estimate of drug-likeness (QED) is 0.797. The fraction of sp³-hybridized carbons (Fsp3) is 0.462. The summed E-state index contributed by atoms with van der Waals surface area (Å²) in [6.07, 6.45) is 1.21. The fourth-order valence-corrected chi connectivity index (χ4v) is 2.47. The number of hydrogen-bond acceptors (Lipinski definition) is 3. The van der Waals surface area contributed by atoms with E-state index in [1.807, 2.05) is 11.4 Å². The van der Waals surface area contributed by atoms with Crippen molar-refractivity contribution < 1.29 is 9.90 Å². The summed E-state index contributed by atoms with van der Waals surface area (Å²) >= 11 is 1.38. The minimum Gasteiger partial charge on any atom is -0.384 e. The van der Waals surface area contributed by atoms with Crippen LogP contribution in [0.3, 0.4) is 0 Å². The summed E-state index contributed by atoms with van der Waals surface area (Å²) in [7, 11) is 0. The Morgan fingerprint density at radius 2 is 2.47 bits per heavy atom. The van der Waals surface area contributed by atoms with Gasteiger partial charge in [-0.15, -0.1) is 11.3 Å². The van der Waals surface area contributed by atoms with E-state index in [1.54, 1.807) is 0 Å². The van der Waals surface area contributed by atoms with Crippen LogP contribution < -0.4 is 5.32 Å². The largest absolute Gasteiger partial charge is 0.384 e. The molecule has 2 rings (SSSR count). The maximum Gasteiger partial charge on any atom is 0.262 e. The molecule has 2 unspecified atom stereocenters. The average molecular weight is 249 g/mol. The van der Waals surface area contributed by atoms with Crippen LogP contribution in [0.5, 0.6) is 0 Å². The van der Waals surface area contributed by atoms with Crippen molar-refractivity contribution in [3.63, 3.8) is 0 Å². The van der Waals surface area contributed by atoms with Crippen LogP contribution in [0.15, 0.2) is 11.4 Å². The number of rotatable bonds is 3. The molecule has 90 valence electrons. The predicted molar refractivity (Wildman–Crippen MR) is 67.9 cm³/mol.